The van der Waals surface area contributed by atoms with Crippen molar-refractivity contribution in [1.82, 2.24) is 0 Å². The third-order valence-corrected chi connectivity index (χ3v) is 6.95. The quantitative estimate of drug-likeness (QED) is 0.399. The Morgan fingerprint density at radius 1 is 1.00 bits per heavy atom. The maximum atomic E-state index is 15.0. The van der Waals surface area contributed by atoms with Crippen molar-refractivity contribution in [3.63, 3.8) is 0 Å². The van der Waals surface area contributed by atoms with Crippen molar-refractivity contribution in [3.8, 4) is 11.5 Å². The van der Waals surface area contributed by atoms with Gasteiger partial charge in [0.25, 0.3) is 0 Å². The van der Waals surface area contributed by atoms with Gasteiger partial charge in [-0.25, -0.2) is 4.39 Å². The molecule has 4 rings (SSSR count). The van der Waals surface area contributed by atoms with E-state index in [1.807, 2.05) is 37.3 Å². The number of aromatic hydroxyl groups is 1. The Kier molecular flexibility index (Phi) is 6.90. The summed E-state index contributed by atoms with van der Waals surface area (Å²) in [7, 11) is 0. The highest BCUT2D eigenvalue weighted by Crippen LogP contribution is 2.46. The second-order valence-electron chi connectivity index (χ2n) is 8.27. The van der Waals surface area contributed by atoms with Gasteiger partial charge in [-0.1, -0.05) is 44.5 Å². The van der Waals surface area contributed by atoms with Crippen molar-refractivity contribution in [2.75, 3.05) is 5.75 Å². The Labute approximate surface area is 194 Å². The smallest absolute Gasteiger partial charge is 0.131 e. The summed E-state index contributed by atoms with van der Waals surface area (Å²) in [6, 6.07) is 19.0. The predicted octanol–water partition coefficient (Wildman–Crippen LogP) is 7.86. The molecule has 0 amide bonds. The topological polar surface area (TPSA) is 29.5 Å². The molecule has 1 N–H and O–H groups in total. The number of halogens is 1. The van der Waals surface area contributed by atoms with Crippen LogP contribution >= 0.6 is 11.8 Å². The molecule has 2 nitrogen and oxygen atoms in total. The van der Waals surface area contributed by atoms with Gasteiger partial charge in [0, 0.05) is 16.2 Å². The highest BCUT2D eigenvalue weighted by atomic mass is 32.2. The molecule has 3 aromatic carbocycles. The van der Waals surface area contributed by atoms with E-state index in [1.54, 1.807) is 30.0 Å². The number of phenols is 1. The molecular formula is C28H29FO2S. The molecule has 32 heavy (non-hydrogen) atoms. The van der Waals surface area contributed by atoms with Crippen molar-refractivity contribution in [2.45, 2.75) is 51.0 Å². The number of aryl methyl sites for hydroxylation is 1. The van der Waals surface area contributed by atoms with Gasteiger partial charge in [-0.2, -0.15) is 0 Å². The lowest BCUT2D eigenvalue weighted by Crippen LogP contribution is -2.14. The van der Waals surface area contributed by atoms with Crippen molar-refractivity contribution in [1.29, 1.82) is 0 Å². The molecule has 3 aromatic rings. The minimum atomic E-state index is -0.203. The molecule has 0 aromatic heterocycles. The molecule has 0 saturated carbocycles. The number of phenolic OH excluding ortho intramolecular Hbond substituents is 1. The average Bonchev–Trinajstić information content (AvgIpc) is 2.79. The summed E-state index contributed by atoms with van der Waals surface area (Å²) in [6.07, 6.45) is 3.33. The van der Waals surface area contributed by atoms with Gasteiger partial charge in [-0.3, -0.25) is 0 Å². The van der Waals surface area contributed by atoms with E-state index in [0.29, 0.717) is 11.3 Å². The fourth-order valence-corrected chi connectivity index (χ4v) is 5.32. The molecule has 4 heteroatoms. The van der Waals surface area contributed by atoms with Crippen molar-refractivity contribution in [2.24, 2.45) is 0 Å². The summed E-state index contributed by atoms with van der Waals surface area (Å²) in [6.45, 7) is 6.22. The van der Waals surface area contributed by atoms with E-state index in [1.165, 1.54) is 0 Å². The largest absolute Gasteiger partial charge is 0.508 e. The molecule has 0 spiro atoms. The van der Waals surface area contributed by atoms with Crippen molar-refractivity contribution in [3.05, 3.63) is 88.7 Å². The molecule has 1 aliphatic rings. The van der Waals surface area contributed by atoms with Gasteiger partial charge >= 0.3 is 0 Å². The van der Waals surface area contributed by atoms with Crippen molar-refractivity contribution < 1.29 is 14.2 Å². The maximum Gasteiger partial charge on any atom is 0.131 e. The predicted molar refractivity (Wildman–Crippen MR) is 132 cm³/mol. The van der Waals surface area contributed by atoms with E-state index >= 15 is 0 Å². The van der Waals surface area contributed by atoms with E-state index in [2.05, 4.69) is 26.0 Å². The van der Waals surface area contributed by atoms with Gasteiger partial charge < -0.3 is 9.84 Å². The number of rotatable bonds is 7. The summed E-state index contributed by atoms with van der Waals surface area (Å²) in [5.74, 6) is 1.53. The van der Waals surface area contributed by atoms with Crippen LogP contribution in [0.15, 0.2) is 65.6 Å². The van der Waals surface area contributed by atoms with Crippen LogP contribution in [0.4, 0.5) is 4.39 Å². The van der Waals surface area contributed by atoms with Gasteiger partial charge in [-0.05, 0) is 84.0 Å². The van der Waals surface area contributed by atoms with Crippen LogP contribution in [-0.2, 0) is 0 Å². The van der Waals surface area contributed by atoms with Crippen LogP contribution in [-0.4, -0.2) is 17.0 Å². The van der Waals surface area contributed by atoms with Crippen LogP contribution in [0, 0.1) is 12.7 Å². The van der Waals surface area contributed by atoms with E-state index in [-0.39, 0.29) is 17.7 Å². The highest BCUT2D eigenvalue weighted by Gasteiger charge is 2.24. The zero-order valence-corrected chi connectivity index (χ0v) is 19.6. The molecular weight excluding hydrogens is 419 g/mol. The first-order valence-electron chi connectivity index (χ1n) is 11.2. The Hall–Kier alpha value is -2.72. The van der Waals surface area contributed by atoms with Gasteiger partial charge in [0.15, 0.2) is 0 Å². The van der Waals surface area contributed by atoms with Crippen LogP contribution in [0.5, 0.6) is 11.5 Å². The molecule has 1 atom stereocenters. The lowest BCUT2D eigenvalue weighted by atomic mass is 9.89. The number of thioether (sulfide) groups is 1. The van der Waals surface area contributed by atoms with Crippen LogP contribution in [0.1, 0.15) is 55.4 Å². The average molecular weight is 449 g/mol. The molecule has 1 unspecified atom stereocenters. The summed E-state index contributed by atoms with van der Waals surface area (Å²) < 4.78 is 21.1. The highest BCUT2D eigenvalue weighted by molar-refractivity contribution is 7.99. The number of benzene rings is 3. The molecule has 0 bridgehead atoms. The Bertz CT molecular complexity index is 1130. The van der Waals surface area contributed by atoms with E-state index in [4.69, 9.17) is 4.74 Å². The molecule has 0 saturated heterocycles. The summed E-state index contributed by atoms with van der Waals surface area (Å²) >= 11 is 1.63. The monoisotopic (exact) mass is 448 g/mol. The van der Waals surface area contributed by atoms with Crippen LogP contribution in [0.3, 0.4) is 0 Å². The van der Waals surface area contributed by atoms with Gasteiger partial charge in [0.2, 0.25) is 0 Å². The SMILES string of the molecule is CCCC(CC)Oc1ccc(C2=C(c3ccc(C)cc3F)CSc3cc(O)ccc32)cc1. The lowest BCUT2D eigenvalue weighted by molar-refractivity contribution is 0.186. The maximum absolute atomic E-state index is 15.0. The Morgan fingerprint density at radius 3 is 2.44 bits per heavy atom. The molecule has 1 heterocycles. The minimum Gasteiger partial charge on any atom is -0.508 e. The molecule has 0 radical (unpaired) electrons. The number of ether oxygens (including phenoxy) is 1. The first-order chi connectivity index (χ1) is 15.5. The fourth-order valence-electron chi connectivity index (χ4n) is 4.19. The van der Waals surface area contributed by atoms with Crippen LogP contribution in [0.2, 0.25) is 0 Å². The van der Waals surface area contributed by atoms with Gasteiger partial charge in [0.1, 0.15) is 17.3 Å². The summed E-state index contributed by atoms with van der Waals surface area (Å²) in [4.78, 5) is 1.01. The number of fused-ring (bicyclic) bond motifs is 1. The normalized spacial score (nSPS) is 14.2. The Morgan fingerprint density at radius 2 is 1.75 bits per heavy atom. The first kappa shape index (κ1) is 22.5. The van der Waals surface area contributed by atoms with E-state index in [0.717, 1.165) is 57.7 Å². The third kappa shape index (κ3) is 4.71. The van der Waals surface area contributed by atoms with Crippen molar-refractivity contribution >= 4 is 22.9 Å². The molecule has 1 aliphatic heterocycles. The molecule has 0 fully saturated rings. The van der Waals surface area contributed by atoms with E-state index < -0.39 is 0 Å². The van der Waals surface area contributed by atoms with E-state index in [9.17, 15) is 9.50 Å². The molecule has 166 valence electrons. The first-order valence-corrected chi connectivity index (χ1v) is 12.2. The fraction of sp³-hybridized carbons (Fsp3) is 0.286. The second kappa shape index (κ2) is 9.83. The lowest BCUT2D eigenvalue weighted by Gasteiger charge is -2.25. The summed E-state index contributed by atoms with van der Waals surface area (Å²) in [5.41, 5.74) is 5.54. The summed E-state index contributed by atoms with van der Waals surface area (Å²) in [5, 5.41) is 9.98. The Balaban J connectivity index is 1.80. The molecule has 0 aliphatic carbocycles. The third-order valence-electron chi connectivity index (χ3n) is 5.87. The van der Waals surface area contributed by atoms with Crippen LogP contribution in [0.25, 0.3) is 11.1 Å². The zero-order chi connectivity index (χ0) is 22.7. The van der Waals surface area contributed by atoms with Gasteiger partial charge in [-0.15, -0.1) is 11.8 Å². The van der Waals surface area contributed by atoms with Gasteiger partial charge in [0.05, 0.1) is 6.10 Å². The minimum absolute atomic E-state index is 0.203. The number of hydrogen-bond donors (Lipinski definition) is 1. The zero-order valence-electron chi connectivity index (χ0n) is 18.8. The number of hydrogen-bond acceptors (Lipinski definition) is 3. The van der Waals surface area contributed by atoms with Crippen LogP contribution < -0.4 is 4.74 Å². The second-order valence-corrected chi connectivity index (χ2v) is 9.28. The standard InChI is InChI=1S/C28H29FO2S/c1-4-6-21(5-2)31-22-11-8-19(9-12-22)28-24-14-10-20(30)16-27(24)32-17-25(28)23-13-7-18(3)15-26(23)29/h7-16,21,30H,4-6,17H2,1-3H3.